The van der Waals surface area contributed by atoms with Gasteiger partial charge in [-0.1, -0.05) is 23.7 Å². The lowest BCUT2D eigenvalue weighted by molar-refractivity contribution is 0.194. The van der Waals surface area contributed by atoms with Gasteiger partial charge in [0.1, 0.15) is 16.6 Å². The number of nitrogens with one attached hydrogen (secondary N) is 1. The van der Waals surface area contributed by atoms with Crippen LogP contribution in [0.5, 0.6) is 0 Å². The summed E-state index contributed by atoms with van der Waals surface area (Å²) in [6, 6.07) is 13.7. The summed E-state index contributed by atoms with van der Waals surface area (Å²) in [5.74, 6) is -1.52. The molecule has 0 bridgehead atoms. The lowest BCUT2D eigenvalue weighted by Crippen LogP contribution is -2.38. The van der Waals surface area contributed by atoms with Crippen LogP contribution >= 0.6 is 22.9 Å². The quantitative estimate of drug-likeness (QED) is 0.321. The van der Waals surface area contributed by atoms with E-state index in [0.717, 1.165) is 53.5 Å². The largest absolute Gasteiger partial charge is 0.323 e. The number of hydrogen-bond donors (Lipinski definition) is 1. The summed E-state index contributed by atoms with van der Waals surface area (Å²) >= 11 is 7.94. The molecule has 5 nitrogen and oxygen atoms in total. The van der Waals surface area contributed by atoms with Crippen molar-refractivity contribution in [2.75, 3.05) is 18.9 Å². The van der Waals surface area contributed by atoms with Gasteiger partial charge in [-0.2, -0.15) is 0 Å². The van der Waals surface area contributed by atoms with Gasteiger partial charge in [-0.05, 0) is 61.0 Å². The molecule has 1 unspecified atom stereocenters. The molecule has 36 heavy (non-hydrogen) atoms. The molecule has 2 aliphatic heterocycles. The van der Waals surface area contributed by atoms with Crippen LogP contribution in [0.1, 0.15) is 33.3 Å². The minimum atomic E-state index is -0.818. The average molecular weight is 525 g/mol. The maximum Gasteiger partial charge on any atom is 0.323 e. The highest BCUT2D eigenvalue weighted by atomic mass is 35.5. The summed E-state index contributed by atoms with van der Waals surface area (Å²) in [7, 11) is 2.11. The number of hydrogen-bond acceptors (Lipinski definition) is 3. The fraction of sp³-hybridized carbons (Fsp3) is 0.222. The number of thiophene rings is 1. The van der Waals surface area contributed by atoms with Crippen molar-refractivity contribution >= 4 is 34.7 Å². The molecule has 1 atom stereocenters. The molecular weight excluding hydrogens is 502 g/mol. The highest BCUT2D eigenvalue weighted by molar-refractivity contribution is 7.15. The molecule has 2 aromatic heterocycles. The van der Waals surface area contributed by atoms with Crippen molar-refractivity contribution in [1.82, 2.24) is 14.4 Å². The van der Waals surface area contributed by atoms with E-state index in [1.807, 2.05) is 30.5 Å². The molecule has 1 N–H and O–H groups in total. The molecule has 6 rings (SSSR count). The summed E-state index contributed by atoms with van der Waals surface area (Å²) in [4.78, 5) is 19.1. The minimum Gasteiger partial charge on any atom is -0.310 e. The normalized spacial score (nSPS) is 17.2. The molecule has 2 aromatic carbocycles. The van der Waals surface area contributed by atoms with Crippen LogP contribution < -0.4 is 5.32 Å². The number of amides is 2. The van der Waals surface area contributed by atoms with Crippen LogP contribution in [0.4, 0.5) is 19.3 Å². The van der Waals surface area contributed by atoms with Gasteiger partial charge in [0.05, 0.1) is 24.0 Å². The minimum absolute atomic E-state index is 0.0647. The predicted octanol–water partition coefficient (Wildman–Crippen LogP) is 6.60. The van der Waals surface area contributed by atoms with E-state index in [-0.39, 0.29) is 5.69 Å². The van der Waals surface area contributed by atoms with Gasteiger partial charge in [-0.15, -0.1) is 11.3 Å². The molecule has 0 spiro atoms. The number of fused-ring (bicyclic) bond motifs is 5. The van der Waals surface area contributed by atoms with E-state index in [4.69, 9.17) is 11.6 Å². The topological polar surface area (TPSA) is 40.5 Å². The van der Waals surface area contributed by atoms with E-state index in [9.17, 15) is 13.6 Å². The first kappa shape index (κ1) is 23.2. The van der Waals surface area contributed by atoms with Gasteiger partial charge in [-0.3, -0.25) is 0 Å². The molecule has 4 aromatic rings. The van der Waals surface area contributed by atoms with E-state index in [1.54, 1.807) is 28.4 Å². The maximum absolute atomic E-state index is 14.5. The summed E-state index contributed by atoms with van der Waals surface area (Å²) in [5, 5.41) is 4.39. The fourth-order valence-electron chi connectivity index (χ4n) is 5.13. The van der Waals surface area contributed by atoms with Crippen LogP contribution in [0.2, 0.25) is 5.02 Å². The molecule has 0 aliphatic carbocycles. The molecule has 184 valence electrons. The number of benzene rings is 2. The Labute approximate surface area is 216 Å². The van der Waals surface area contributed by atoms with Crippen LogP contribution in [0.25, 0.3) is 5.00 Å². The van der Waals surface area contributed by atoms with E-state index in [2.05, 4.69) is 21.8 Å². The lowest BCUT2D eigenvalue weighted by atomic mass is 10.0. The monoisotopic (exact) mass is 524 g/mol. The van der Waals surface area contributed by atoms with Gasteiger partial charge < -0.3 is 19.7 Å². The Morgan fingerprint density at radius 1 is 1.08 bits per heavy atom. The lowest BCUT2D eigenvalue weighted by Gasteiger charge is -2.32. The zero-order valence-corrected chi connectivity index (χ0v) is 21.0. The van der Waals surface area contributed by atoms with E-state index in [0.29, 0.717) is 11.6 Å². The number of aromatic nitrogens is 1. The number of carbonyl (C=O) groups is 1. The van der Waals surface area contributed by atoms with Crippen molar-refractivity contribution < 1.29 is 13.6 Å². The van der Waals surface area contributed by atoms with Crippen molar-refractivity contribution in [3.63, 3.8) is 0 Å². The second-order valence-corrected chi connectivity index (χ2v) is 10.7. The number of anilines is 1. The second-order valence-electron chi connectivity index (χ2n) is 9.21. The van der Waals surface area contributed by atoms with Gasteiger partial charge in [0.15, 0.2) is 0 Å². The Morgan fingerprint density at radius 3 is 2.67 bits per heavy atom. The number of carbonyl (C=O) groups excluding carboxylic acids is 1. The number of rotatable bonds is 2. The first-order valence-corrected chi connectivity index (χ1v) is 12.9. The Bertz CT molecular complexity index is 1470. The summed E-state index contributed by atoms with van der Waals surface area (Å²) < 4.78 is 30.1. The average Bonchev–Trinajstić information content (AvgIpc) is 3.43. The van der Waals surface area contributed by atoms with Crippen molar-refractivity contribution in [3.05, 3.63) is 105 Å². The van der Waals surface area contributed by atoms with Crippen molar-refractivity contribution in [2.24, 2.45) is 0 Å². The van der Waals surface area contributed by atoms with Crippen LogP contribution in [0, 0.1) is 11.6 Å². The number of urea groups is 1. The smallest absolute Gasteiger partial charge is 0.310 e. The van der Waals surface area contributed by atoms with Gasteiger partial charge in [0, 0.05) is 40.8 Å². The van der Waals surface area contributed by atoms with E-state index < -0.39 is 23.7 Å². The van der Waals surface area contributed by atoms with Crippen LogP contribution in [-0.2, 0) is 19.5 Å². The van der Waals surface area contributed by atoms with Gasteiger partial charge >= 0.3 is 6.03 Å². The SMILES string of the molecule is CN1CCc2c(sc3c2CN(C(=O)Nc2ccc(F)cc2F)C(c2ccc(Cl)cc2)c2cccn2-3)C1. The molecule has 0 fully saturated rings. The number of halogens is 3. The molecule has 0 saturated carbocycles. The van der Waals surface area contributed by atoms with Crippen molar-refractivity contribution in [2.45, 2.75) is 25.6 Å². The molecule has 0 saturated heterocycles. The Morgan fingerprint density at radius 2 is 1.89 bits per heavy atom. The molecule has 2 amide bonds. The van der Waals surface area contributed by atoms with Gasteiger partial charge in [-0.25, -0.2) is 13.6 Å². The Kier molecular flexibility index (Phi) is 5.82. The molecule has 4 heterocycles. The molecule has 2 aliphatic rings. The Balaban J connectivity index is 1.49. The van der Waals surface area contributed by atoms with E-state index >= 15 is 0 Å². The molecular formula is C27H23ClF2N4OS. The first-order valence-electron chi connectivity index (χ1n) is 11.7. The second kappa shape index (κ2) is 9.03. The number of nitrogens with zero attached hydrogens (tertiary/aromatic N) is 3. The highest BCUT2D eigenvalue weighted by Crippen LogP contribution is 2.43. The Hall–Kier alpha value is -3.20. The van der Waals surface area contributed by atoms with Crippen LogP contribution in [0.3, 0.4) is 0 Å². The third kappa shape index (κ3) is 3.99. The molecule has 0 radical (unpaired) electrons. The van der Waals surface area contributed by atoms with Crippen LogP contribution in [-0.4, -0.2) is 34.0 Å². The number of likely N-dealkylation sites (N-methyl/N-ethyl adjacent to an activating group) is 1. The van der Waals surface area contributed by atoms with E-state index in [1.165, 1.54) is 16.5 Å². The van der Waals surface area contributed by atoms with Crippen LogP contribution in [0.15, 0.2) is 60.8 Å². The third-order valence-electron chi connectivity index (χ3n) is 6.87. The maximum atomic E-state index is 14.5. The standard InChI is InChI=1S/C27H23ClF2N4OS/c1-32-12-10-19-20-14-34(27(35)31-22-9-8-18(29)13-21(22)30)25(16-4-6-17(28)7-5-16)23-3-2-11-33(23)26(20)36-24(19)15-32/h2-9,11,13,25H,10,12,14-15H2,1H3,(H,31,35). The fourth-order valence-corrected chi connectivity index (χ4v) is 6.69. The van der Waals surface area contributed by atoms with Crippen molar-refractivity contribution in [1.29, 1.82) is 0 Å². The summed E-state index contributed by atoms with van der Waals surface area (Å²) in [6.07, 6.45) is 2.94. The van der Waals surface area contributed by atoms with Gasteiger partial charge in [0.25, 0.3) is 0 Å². The summed E-state index contributed by atoms with van der Waals surface area (Å²) in [5.41, 5.74) is 4.16. The van der Waals surface area contributed by atoms with Gasteiger partial charge in [0.2, 0.25) is 0 Å². The summed E-state index contributed by atoms with van der Waals surface area (Å²) in [6.45, 7) is 2.17. The third-order valence-corrected chi connectivity index (χ3v) is 8.38. The molecule has 9 heteroatoms. The zero-order chi connectivity index (χ0) is 25.0. The first-order chi connectivity index (χ1) is 17.4. The predicted molar refractivity (Wildman–Crippen MR) is 138 cm³/mol. The zero-order valence-electron chi connectivity index (χ0n) is 19.5. The highest BCUT2D eigenvalue weighted by Gasteiger charge is 2.36. The van der Waals surface area contributed by atoms with Crippen molar-refractivity contribution in [3.8, 4) is 5.00 Å².